The summed E-state index contributed by atoms with van der Waals surface area (Å²) in [6, 6.07) is 7.72. The van der Waals surface area contributed by atoms with Crippen molar-refractivity contribution >= 4 is 11.9 Å². The molecule has 1 atom stereocenters. The topological polar surface area (TPSA) is 97.5 Å². The Hall–Kier alpha value is -2.74. The molecule has 1 aromatic carbocycles. The third-order valence-corrected chi connectivity index (χ3v) is 4.00. The Kier molecular flexibility index (Phi) is 4.30. The van der Waals surface area contributed by atoms with Crippen molar-refractivity contribution in [2.45, 2.75) is 20.0 Å². The van der Waals surface area contributed by atoms with Crippen LogP contribution in [0.5, 0.6) is 0 Å². The van der Waals surface area contributed by atoms with E-state index in [1.165, 1.54) is 4.90 Å². The minimum atomic E-state index is -1.08. The van der Waals surface area contributed by atoms with Gasteiger partial charge in [-0.2, -0.15) is 0 Å². The molecule has 1 aliphatic heterocycles. The van der Waals surface area contributed by atoms with Crippen LogP contribution in [0.1, 0.15) is 21.7 Å². The smallest absolute Gasteiger partial charge is 0.334 e. The lowest BCUT2D eigenvalue weighted by atomic mass is 10.2. The van der Waals surface area contributed by atoms with Crippen LogP contribution in [0.3, 0.4) is 0 Å². The second kappa shape index (κ2) is 6.40. The number of nitrogens with zero attached hydrogens (tertiary/aromatic N) is 4. The first kappa shape index (κ1) is 16.1. The number of carbonyl (C=O) groups is 2. The van der Waals surface area contributed by atoms with Crippen LogP contribution in [0.2, 0.25) is 0 Å². The molecule has 0 saturated carbocycles. The number of carbonyl (C=O) groups excluding carboxylic acids is 1. The summed E-state index contributed by atoms with van der Waals surface area (Å²) in [6.45, 7) is 4.28. The number of carboxylic acids is 1. The second-order valence-electron chi connectivity index (χ2n) is 5.72. The van der Waals surface area contributed by atoms with Gasteiger partial charge in [-0.3, -0.25) is 4.79 Å². The van der Waals surface area contributed by atoms with Gasteiger partial charge in [-0.25, -0.2) is 9.48 Å². The molecule has 2 heterocycles. The third kappa shape index (κ3) is 3.00. The monoisotopic (exact) mass is 330 g/mol. The van der Waals surface area contributed by atoms with Crippen LogP contribution in [0.15, 0.2) is 24.3 Å². The third-order valence-electron chi connectivity index (χ3n) is 4.00. The summed E-state index contributed by atoms with van der Waals surface area (Å²) >= 11 is 0. The van der Waals surface area contributed by atoms with Crippen LogP contribution in [0.4, 0.5) is 0 Å². The molecule has 0 bridgehead atoms. The highest BCUT2D eigenvalue weighted by atomic mass is 16.5. The molecule has 1 fully saturated rings. The van der Waals surface area contributed by atoms with Gasteiger partial charge in [0.15, 0.2) is 11.8 Å². The van der Waals surface area contributed by atoms with E-state index in [0.29, 0.717) is 12.2 Å². The molecule has 1 N–H and O–H groups in total. The fraction of sp³-hybridized carbons (Fsp3) is 0.375. The summed E-state index contributed by atoms with van der Waals surface area (Å²) in [5.41, 5.74) is 2.78. The minimum absolute atomic E-state index is 0.00496. The summed E-state index contributed by atoms with van der Waals surface area (Å²) in [5.74, 6) is -1.41. The lowest BCUT2D eigenvalue weighted by molar-refractivity contribution is -0.154. The Morgan fingerprint density at radius 3 is 2.62 bits per heavy atom. The van der Waals surface area contributed by atoms with Crippen molar-refractivity contribution < 1.29 is 19.4 Å². The Balaban J connectivity index is 1.83. The highest BCUT2D eigenvalue weighted by molar-refractivity contribution is 5.93. The lowest BCUT2D eigenvalue weighted by Gasteiger charge is -2.30. The molecule has 0 aliphatic carbocycles. The van der Waals surface area contributed by atoms with E-state index in [1.54, 1.807) is 11.6 Å². The number of aromatic nitrogens is 3. The summed E-state index contributed by atoms with van der Waals surface area (Å²) in [5, 5.41) is 17.1. The Morgan fingerprint density at radius 2 is 1.96 bits per heavy atom. The van der Waals surface area contributed by atoms with E-state index in [4.69, 9.17) is 9.84 Å². The second-order valence-corrected chi connectivity index (χ2v) is 5.72. The van der Waals surface area contributed by atoms with Crippen LogP contribution in [0, 0.1) is 13.8 Å². The maximum absolute atomic E-state index is 12.6. The number of aryl methyl sites for hydroxylation is 1. The van der Waals surface area contributed by atoms with Gasteiger partial charge in [0.2, 0.25) is 0 Å². The molecule has 1 amide bonds. The van der Waals surface area contributed by atoms with E-state index in [0.717, 1.165) is 11.3 Å². The van der Waals surface area contributed by atoms with Gasteiger partial charge in [0.25, 0.3) is 5.91 Å². The summed E-state index contributed by atoms with van der Waals surface area (Å²) in [6.07, 6.45) is -1.00. The average Bonchev–Trinajstić information content (AvgIpc) is 2.96. The molecule has 1 saturated heterocycles. The number of amides is 1. The first-order valence-electron chi connectivity index (χ1n) is 7.60. The highest BCUT2D eigenvalue weighted by Crippen LogP contribution is 2.16. The summed E-state index contributed by atoms with van der Waals surface area (Å²) in [4.78, 5) is 25.1. The predicted octanol–water partition coefficient (Wildman–Crippen LogP) is 0.810. The first-order valence-corrected chi connectivity index (χ1v) is 7.60. The molecular formula is C16H18N4O4. The van der Waals surface area contributed by atoms with Gasteiger partial charge in [0.1, 0.15) is 0 Å². The van der Waals surface area contributed by atoms with E-state index in [1.807, 2.05) is 31.2 Å². The number of rotatable bonds is 3. The standard InChI is InChI=1S/C16H18N4O4/c1-10-3-5-12(6-4-10)20-11(2)14(17-18-20)15(21)19-7-8-24-13(9-19)16(22)23/h3-6,13H,7-9H2,1-2H3,(H,22,23). The molecule has 1 aromatic heterocycles. The Morgan fingerprint density at radius 1 is 1.25 bits per heavy atom. The van der Waals surface area contributed by atoms with E-state index in [2.05, 4.69) is 10.3 Å². The number of benzene rings is 1. The van der Waals surface area contributed by atoms with Crippen LogP contribution in [0.25, 0.3) is 5.69 Å². The minimum Gasteiger partial charge on any atom is -0.479 e. The normalized spacial score (nSPS) is 17.8. The highest BCUT2D eigenvalue weighted by Gasteiger charge is 2.31. The van der Waals surface area contributed by atoms with Crippen molar-refractivity contribution in [2.75, 3.05) is 19.7 Å². The number of aliphatic carboxylic acids is 1. The van der Waals surface area contributed by atoms with Crippen LogP contribution >= 0.6 is 0 Å². The fourth-order valence-electron chi connectivity index (χ4n) is 2.59. The number of hydrogen-bond acceptors (Lipinski definition) is 5. The lowest BCUT2D eigenvalue weighted by Crippen LogP contribution is -2.48. The quantitative estimate of drug-likeness (QED) is 0.894. The van der Waals surface area contributed by atoms with Gasteiger partial charge >= 0.3 is 5.97 Å². The van der Waals surface area contributed by atoms with Crippen molar-refractivity contribution in [3.63, 3.8) is 0 Å². The van der Waals surface area contributed by atoms with Gasteiger partial charge in [-0.15, -0.1) is 5.10 Å². The Bertz CT molecular complexity index is 769. The van der Waals surface area contributed by atoms with E-state index < -0.39 is 12.1 Å². The fourth-order valence-corrected chi connectivity index (χ4v) is 2.59. The maximum atomic E-state index is 12.6. The molecule has 0 spiro atoms. The molecule has 8 nitrogen and oxygen atoms in total. The Labute approximate surface area is 138 Å². The molecule has 126 valence electrons. The number of hydrogen-bond donors (Lipinski definition) is 1. The van der Waals surface area contributed by atoms with E-state index in [-0.39, 0.29) is 24.8 Å². The summed E-state index contributed by atoms with van der Waals surface area (Å²) in [7, 11) is 0. The zero-order chi connectivity index (χ0) is 17.3. The summed E-state index contributed by atoms with van der Waals surface area (Å²) < 4.78 is 6.74. The first-order chi connectivity index (χ1) is 11.5. The van der Waals surface area contributed by atoms with Gasteiger partial charge in [-0.05, 0) is 26.0 Å². The largest absolute Gasteiger partial charge is 0.479 e. The van der Waals surface area contributed by atoms with Gasteiger partial charge in [0, 0.05) is 6.54 Å². The van der Waals surface area contributed by atoms with Crippen molar-refractivity contribution in [2.24, 2.45) is 0 Å². The molecule has 2 aromatic rings. The molecule has 1 aliphatic rings. The average molecular weight is 330 g/mol. The van der Waals surface area contributed by atoms with Crippen LogP contribution in [-0.4, -0.2) is 62.7 Å². The number of morpholine rings is 1. The van der Waals surface area contributed by atoms with Crippen LogP contribution < -0.4 is 0 Å². The molecule has 8 heteroatoms. The zero-order valence-electron chi connectivity index (χ0n) is 13.5. The predicted molar refractivity (Wildman–Crippen MR) is 84.1 cm³/mol. The number of ether oxygens (including phenoxy) is 1. The molecular weight excluding hydrogens is 312 g/mol. The van der Waals surface area contributed by atoms with Crippen LogP contribution in [-0.2, 0) is 9.53 Å². The van der Waals surface area contributed by atoms with Gasteiger partial charge in [-0.1, -0.05) is 22.9 Å². The van der Waals surface area contributed by atoms with Gasteiger partial charge < -0.3 is 14.7 Å². The molecule has 24 heavy (non-hydrogen) atoms. The van der Waals surface area contributed by atoms with Crippen molar-refractivity contribution in [3.8, 4) is 5.69 Å². The van der Waals surface area contributed by atoms with Crippen molar-refractivity contribution in [1.29, 1.82) is 0 Å². The van der Waals surface area contributed by atoms with Gasteiger partial charge in [0.05, 0.1) is 24.5 Å². The van der Waals surface area contributed by atoms with E-state index >= 15 is 0 Å². The molecule has 0 radical (unpaired) electrons. The zero-order valence-corrected chi connectivity index (χ0v) is 13.5. The van der Waals surface area contributed by atoms with Crippen molar-refractivity contribution in [3.05, 3.63) is 41.2 Å². The molecule has 1 unspecified atom stereocenters. The molecule has 3 rings (SSSR count). The SMILES string of the molecule is Cc1ccc(-n2nnc(C(=O)N3CCOC(C(=O)O)C3)c2C)cc1. The maximum Gasteiger partial charge on any atom is 0.334 e. The van der Waals surface area contributed by atoms with E-state index in [9.17, 15) is 9.59 Å². The van der Waals surface area contributed by atoms with Crippen molar-refractivity contribution in [1.82, 2.24) is 19.9 Å². The number of carboxylic acid groups (broad SMARTS) is 1.